The molecule has 0 atom stereocenters. The van der Waals surface area contributed by atoms with E-state index in [9.17, 15) is 9.59 Å². The summed E-state index contributed by atoms with van der Waals surface area (Å²) in [6, 6.07) is 16.1. The summed E-state index contributed by atoms with van der Waals surface area (Å²) in [5, 5.41) is 3.12. The summed E-state index contributed by atoms with van der Waals surface area (Å²) >= 11 is 5.76. The molecule has 21 heavy (non-hydrogen) atoms. The number of rotatable bonds is 3. The molecule has 2 aromatic rings. The fourth-order valence-electron chi connectivity index (χ4n) is 1.82. The van der Waals surface area contributed by atoms with Gasteiger partial charge in [0.25, 0.3) is 0 Å². The first-order chi connectivity index (χ1) is 10.1. The van der Waals surface area contributed by atoms with E-state index in [2.05, 4.69) is 5.32 Å². The standard InChI is InChI=1S/C16H15ClN2O2/c1-19(11-12-5-3-2-4-6-12)16(21)15(20)18-14-9-7-13(17)8-10-14/h2-10H,11H2,1H3,(H,18,20). The smallest absolute Gasteiger partial charge is 0.313 e. The largest absolute Gasteiger partial charge is 0.333 e. The van der Waals surface area contributed by atoms with Crippen LogP contribution in [-0.2, 0) is 16.1 Å². The zero-order valence-corrected chi connectivity index (χ0v) is 12.3. The van der Waals surface area contributed by atoms with E-state index in [1.54, 1.807) is 31.3 Å². The molecular weight excluding hydrogens is 288 g/mol. The molecule has 0 aliphatic carbocycles. The van der Waals surface area contributed by atoms with Gasteiger partial charge in [-0.25, -0.2) is 0 Å². The summed E-state index contributed by atoms with van der Waals surface area (Å²) in [6.45, 7) is 0.383. The van der Waals surface area contributed by atoms with Crippen LogP contribution >= 0.6 is 11.6 Å². The van der Waals surface area contributed by atoms with Gasteiger partial charge in [0, 0.05) is 24.3 Å². The minimum absolute atomic E-state index is 0.383. The zero-order chi connectivity index (χ0) is 15.2. The molecule has 108 valence electrons. The van der Waals surface area contributed by atoms with Gasteiger partial charge in [-0.2, -0.15) is 0 Å². The Morgan fingerprint density at radius 3 is 2.29 bits per heavy atom. The highest BCUT2D eigenvalue weighted by molar-refractivity contribution is 6.39. The van der Waals surface area contributed by atoms with Crippen LogP contribution in [0.5, 0.6) is 0 Å². The Hall–Kier alpha value is -2.33. The maximum atomic E-state index is 12.0. The average molecular weight is 303 g/mol. The third-order valence-corrected chi connectivity index (χ3v) is 3.16. The molecule has 0 fully saturated rings. The Bertz CT molecular complexity index is 626. The van der Waals surface area contributed by atoms with Crippen LogP contribution in [0.1, 0.15) is 5.56 Å². The van der Waals surface area contributed by atoms with Crippen LogP contribution in [0, 0.1) is 0 Å². The molecule has 0 aliphatic rings. The van der Waals surface area contributed by atoms with Crippen molar-refractivity contribution < 1.29 is 9.59 Å². The van der Waals surface area contributed by atoms with E-state index in [1.807, 2.05) is 30.3 Å². The fourth-order valence-corrected chi connectivity index (χ4v) is 1.95. The SMILES string of the molecule is CN(Cc1ccccc1)C(=O)C(=O)Nc1ccc(Cl)cc1. The van der Waals surface area contributed by atoms with Crippen molar-refractivity contribution in [1.82, 2.24) is 4.90 Å². The van der Waals surface area contributed by atoms with Gasteiger partial charge in [0.15, 0.2) is 0 Å². The molecule has 0 heterocycles. The van der Waals surface area contributed by atoms with Crippen LogP contribution in [0.4, 0.5) is 5.69 Å². The summed E-state index contributed by atoms with van der Waals surface area (Å²) in [5.41, 5.74) is 1.50. The summed E-state index contributed by atoms with van der Waals surface area (Å²) in [5.74, 6) is -1.26. The molecule has 0 aromatic heterocycles. The quantitative estimate of drug-likeness (QED) is 0.886. The summed E-state index contributed by atoms with van der Waals surface area (Å²) in [4.78, 5) is 25.3. The zero-order valence-electron chi connectivity index (χ0n) is 11.5. The first kappa shape index (κ1) is 15.1. The van der Waals surface area contributed by atoms with E-state index in [4.69, 9.17) is 11.6 Å². The average Bonchev–Trinajstić information content (AvgIpc) is 2.49. The van der Waals surface area contributed by atoms with E-state index < -0.39 is 11.8 Å². The molecule has 0 spiro atoms. The first-order valence-corrected chi connectivity index (χ1v) is 6.80. The minimum Gasteiger partial charge on any atom is -0.333 e. The minimum atomic E-state index is -0.671. The van der Waals surface area contributed by atoms with Crippen molar-refractivity contribution >= 4 is 29.1 Å². The summed E-state index contributed by atoms with van der Waals surface area (Å²) < 4.78 is 0. The van der Waals surface area contributed by atoms with Gasteiger partial charge in [-0.1, -0.05) is 41.9 Å². The molecule has 0 radical (unpaired) electrons. The van der Waals surface area contributed by atoms with Crippen molar-refractivity contribution in [1.29, 1.82) is 0 Å². The highest BCUT2D eigenvalue weighted by atomic mass is 35.5. The molecule has 0 saturated heterocycles. The number of hydrogen-bond acceptors (Lipinski definition) is 2. The van der Waals surface area contributed by atoms with Crippen LogP contribution in [-0.4, -0.2) is 23.8 Å². The monoisotopic (exact) mass is 302 g/mol. The lowest BCUT2D eigenvalue weighted by molar-refractivity contribution is -0.142. The Morgan fingerprint density at radius 2 is 1.67 bits per heavy atom. The van der Waals surface area contributed by atoms with Crippen LogP contribution in [0.2, 0.25) is 5.02 Å². The van der Waals surface area contributed by atoms with Gasteiger partial charge in [0.2, 0.25) is 0 Å². The van der Waals surface area contributed by atoms with E-state index in [0.717, 1.165) is 5.56 Å². The molecule has 2 rings (SSSR count). The summed E-state index contributed by atoms with van der Waals surface area (Å²) in [6.07, 6.45) is 0. The number of hydrogen-bond donors (Lipinski definition) is 1. The second-order valence-corrected chi connectivity index (χ2v) is 5.04. The summed E-state index contributed by atoms with van der Waals surface area (Å²) in [7, 11) is 1.59. The molecule has 0 bridgehead atoms. The normalized spacial score (nSPS) is 10.0. The van der Waals surface area contributed by atoms with Crippen LogP contribution in [0.15, 0.2) is 54.6 Å². The highest BCUT2D eigenvalue weighted by Crippen LogP contribution is 2.13. The molecule has 4 nitrogen and oxygen atoms in total. The number of nitrogens with zero attached hydrogens (tertiary/aromatic N) is 1. The Morgan fingerprint density at radius 1 is 1.05 bits per heavy atom. The Balaban J connectivity index is 1.95. The number of benzene rings is 2. The van der Waals surface area contributed by atoms with Crippen molar-refractivity contribution in [2.75, 3.05) is 12.4 Å². The lowest BCUT2D eigenvalue weighted by Gasteiger charge is -2.16. The van der Waals surface area contributed by atoms with Crippen molar-refractivity contribution in [2.45, 2.75) is 6.54 Å². The van der Waals surface area contributed by atoms with Gasteiger partial charge in [0.1, 0.15) is 0 Å². The van der Waals surface area contributed by atoms with E-state index in [1.165, 1.54) is 4.90 Å². The number of carbonyl (C=O) groups excluding carboxylic acids is 2. The predicted octanol–water partition coefficient (Wildman–Crippen LogP) is 2.94. The number of likely N-dealkylation sites (N-methyl/N-ethyl adjacent to an activating group) is 1. The number of carbonyl (C=O) groups is 2. The number of nitrogens with one attached hydrogen (secondary N) is 1. The second-order valence-electron chi connectivity index (χ2n) is 4.61. The van der Waals surface area contributed by atoms with E-state index >= 15 is 0 Å². The molecule has 0 aliphatic heterocycles. The molecule has 0 unspecified atom stereocenters. The van der Waals surface area contributed by atoms with Crippen LogP contribution < -0.4 is 5.32 Å². The number of anilines is 1. The number of halogens is 1. The maximum Gasteiger partial charge on any atom is 0.313 e. The van der Waals surface area contributed by atoms with Gasteiger partial charge in [-0.3, -0.25) is 9.59 Å². The Kier molecular flexibility index (Phi) is 4.95. The second kappa shape index (κ2) is 6.90. The predicted molar refractivity (Wildman–Crippen MR) is 83.0 cm³/mol. The molecule has 2 aromatic carbocycles. The fraction of sp³-hybridized carbons (Fsp3) is 0.125. The van der Waals surface area contributed by atoms with E-state index in [0.29, 0.717) is 17.3 Å². The van der Waals surface area contributed by atoms with Crippen molar-refractivity contribution in [2.24, 2.45) is 0 Å². The first-order valence-electron chi connectivity index (χ1n) is 6.42. The molecule has 2 amide bonds. The molecular formula is C16H15ClN2O2. The van der Waals surface area contributed by atoms with Gasteiger partial charge in [0.05, 0.1) is 0 Å². The van der Waals surface area contributed by atoms with E-state index in [-0.39, 0.29) is 0 Å². The van der Waals surface area contributed by atoms with Gasteiger partial charge in [-0.05, 0) is 29.8 Å². The molecule has 5 heteroatoms. The van der Waals surface area contributed by atoms with Crippen molar-refractivity contribution in [3.05, 3.63) is 65.2 Å². The highest BCUT2D eigenvalue weighted by Gasteiger charge is 2.18. The van der Waals surface area contributed by atoms with Crippen molar-refractivity contribution in [3.63, 3.8) is 0 Å². The molecule has 0 saturated carbocycles. The lowest BCUT2D eigenvalue weighted by atomic mass is 10.2. The maximum absolute atomic E-state index is 12.0. The van der Waals surface area contributed by atoms with Crippen molar-refractivity contribution in [3.8, 4) is 0 Å². The van der Waals surface area contributed by atoms with Gasteiger partial charge >= 0.3 is 11.8 Å². The molecule has 1 N–H and O–H groups in total. The number of amides is 2. The van der Waals surface area contributed by atoms with Gasteiger partial charge in [-0.15, -0.1) is 0 Å². The third kappa shape index (κ3) is 4.33. The lowest BCUT2D eigenvalue weighted by Crippen LogP contribution is -2.36. The van der Waals surface area contributed by atoms with Crippen LogP contribution in [0.25, 0.3) is 0 Å². The third-order valence-electron chi connectivity index (χ3n) is 2.91. The topological polar surface area (TPSA) is 49.4 Å². The van der Waals surface area contributed by atoms with Crippen LogP contribution in [0.3, 0.4) is 0 Å². The Labute approximate surface area is 128 Å². The van der Waals surface area contributed by atoms with Gasteiger partial charge < -0.3 is 10.2 Å².